The summed E-state index contributed by atoms with van der Waals surface area (Å²) in [6.07, 6.45) is 9.30. The molecule has 100 valence electrons. The summed E-state index contributed by atoms with van der Waals surface area (Å²) in [7, 11) is 0. The molecule has 0 fully saturated rings. The van der Waals surface area contributed by atoms with E-state index in [1.165, 1.54) is 31.3 Å². The van der Waals surface area contributed by atoms with Gasteiger partial charge in [-0.15, -0.1) is 0 Å². The Morgan fingerprint density at radius 3 is 2.61 bits per heavy atom. The quantitative estimate of drug-likeness (QED) is 0.398. The second-order valence-corrected chi connectivity index (χ2v) is 5.43. The van der Waals surface area contributed by atoms with E-state index in [2.05, 4.69) is 26.0 Å². The normalized spacial score (nSPS) is 11.9. The van der Waals surface area contributed by atoms with Gasteiger partial charge in [0.05, 0.1) is 10.0 Å². The van der Waals surface area contributed by atoms with Crippen molar-refractivity contribution in [3.63, 3.8) is 0 Å². The van der Waals surface area contributed by atoms with Gasteiger partial charge < -0.3 is 0 Å². The highest BCUT2D eigenvalue weighted by molar-refractivity contribution is 6.42. The van der Waals surface area contributed by atoms with E-state index >= 15 is 0 Å². The van der Waals surface area contributed by atoms with Crippen LogP contribution < -0.4 is 0 Å². The average molecular weight is 285 g/mol. The number of allylic oxidation sites excluding steroid dienone is 2. The fourth-order valence-electron chi connectivity index (χ4n) is 2.02. The first-order chi connectivity index (χ1) is 8.69. The minimum Gasteiger partial charge on any atom is -0.0850 e. The minimum atomic E-state index is 0.651. The topological polar surface area (TPSA) is 0 Å². The molecule has 0 aliphatic carbocycles. The van der Waals surface area contributed by atoms with Crippen LogP contribution in [0.25, 0.3) is 0 Å². The Morgan fingerprint density at radius 1 is 1.17 bits per heavy atom. The molecule has 0 bridgehead atoms. The molecule has 1 aromatic carbocycles. The van der Waals surface area contributed by atoms with Crippen molar-refractivity contribution in [1.82, 2.24) is 0 Å². The second-order valence-electron chi connectivity index (χ2n) is 4.64. The van der Waals surface area contributed by atoms with E-state index in [1.807, 2.05) is 12.1 Å². The Morgan fingerprint density at radius 2 is 1.94 bits per heavy atom. The van der Waals surface area contributed by atoms with Crippen LogP contribution in [0.3, 0.4) is 0 Å². The van der Waals surface area contributed by atoms with Crippen molar-refractivity contribution >= 4 is 23.2 Å². The lowest BCUT2D eigenvalue weighted by molar-refractivity contribution is 0.792. The summed E-state index contributed by atoms with van der Waals surface area (Å²) >= 11 is 12.3. The van der Waals surface area contributed by atoms with Crippen LogP contribution in [-0.2, 0) is 6.42 Å². The van der Waals surface area contributed by atoms with Crippen LogP contribution in [0, 0.1) is 0 Å². The zero-order chi connectivity index (χ0) is 13.4. The fraction of sp³-hybridized carbons (Fsp3) is 0.500. The third-order valence-electron chi connectivity index (χ3n) is 3.01. The van der Waals surface area contributed by atoms with E-state index in [1.54, 1.807) is 0 Å². The molecule has 0 N–H and O–H groups in total. The van der Waals surface area contributed by atoms with Crippen molar-refractivity contribution in [3.8, 4) is 0 Å². The zero-order valence-corrected chi connectivity index (χ0v) is 12.8. The second kappa shape index (κ2) is 8.61. The number of unbranched alkanes of at least 4 members (excludes halogenated alkanes) is 2. The minimum absolute atomic E-state index is 0.651. The van der Waals surface area contributed by atoms with Gasteiger partial charge in [-0.1, -0.05) is 80.1 Å². The molecule has 0 atom stereocenters. The van der Waals surface area contributed by atoms with Crippen molar-refractivity contribution in [2.75, 3.05) is 0 Å². The van der Waals surface area contributed by atoms with E-state index in [0.29, 0.717) is 10.0 Å². The first kappa shape index (κ1) is 15.6. The molecule has 0 aliphatic heterocycles. The largest absolute Gasteiger partial charge is 0.0850 e. The Hall–Kier alpha value is -0.460. The fourth-order valence-corrected chi connectivity index (χ4v) is 2.41. The molecule has 0 saturated heterocycles. The molecule has 18 heavy (non-hydrogen) atoms. The van der Waals surface area contributed by atoms with Gasteiger partial charge in [-0.05, 0) is 30.9 Å². The predicted molar refractivity (Wildman–Crippen MR) is 82.7 cm³/mol. The van der Waals surface area contributed by atoms with Gasteiger partial charge >= 0.3 is 0 Å². The van der Waals surface area contributed by atoms with Crippen LogP contribution in [0.5, 0.6) is 0 Å². The van der Waals surface area contributed by atoms with Crippen molar-refractivity contribution < 1.29 is 0 Å². The summed E-state index contributed by atoms with van der Waals surface area (Å²) in [5, 5.41) is 1.36. The summed E-state index contributed by atoms with van der Waals surface area (Å²) < 4.78 is 0. The number of halogens is 2. The number of hydrogen-bond donors (Lipinski definition) is 0. The lowest BCUT2D eigenvalue weighted by Gasteiger charge is -2.09. The third kappa shape index (κ3) is 5.04. The first-order valence-corrected chi connectivity index (χ1v) is 7.55. The van der Waals surface area contributed by atoms with Crippen LogP contribution >= 0.6 is 23.2 Å². The summed E-state index contributed by atoms with van der Waals surface area (Å²) in [5.41, 5.74) is 2.62. The maximum atomic E-state index is 6.24. The van der Waals surface area contributed by atoms with Gasteiger partial charge in [-0.25, -0.2) is 0 Å². The lowest BCUT2D eigenvalue weighted by atomic mass is 9.99. The van der Waals surface area contributed by atoms with Crippen LogP contribution in [0.4, 0.5) is 0 Å². The molecule has 0 heterocycles. The molecule has 0 spiro atoms. The van der Waals surface area contributed by atoms with Crippen molar-refractivity contribution in [3.05, 3.63) is 45.5 Å². The third-order valence-corrected chi connectivity index (χ3v) is 3.87. The monoisotopic (exact) mass is 284 g/mol. The summed E-state index contributed by atoms with van der Waals surface area (Å²) in [4.78, 5) is 0. The van der Waals surface area contributed by atoms with Crippen molar-refractivity contribution in [1.29, 1.82) is 0 Å². The Bertz CT molecular complexity index is 394. The van der Waals surface area contributed by atoms with Crippen molar-refractivity contribution in [2.24, 2.45) is 0 Å². The molecule has 1 rings (SSSR count). The molecule has 0 aromatic heterocycles. The van der Waals surface area contributed by atoms with Gasteiger partial charge in [0, 0.05) is 0 Å². The molecule has 1 aromatic rings. The highest BCUT2D eigenvalue weighted by Gasteiger charge is 2.06. The smallest absolute Gasteiger partial charge is 0.0627 e. The summed E-state index contributed by atoms with van der Waals surface area (Å²) in [6.45, 7) is 4.44. The van der Waals surface area contributed by atoms with Gasteiger partial charge in [-0.2, -0.15) is 0 Å². The molecule has 0 nitrogen and oxygen atoms in total. The number of hydrogen-bond acceptors (Lipinski definition) is 0. The zero-order valence-electron chi connectivity index (χ0n) is 11.3. The van der Waals surface area contributed by atoms with Gasteiger partial charge in [0.2, 0.25) is 0 Å². The van der Waals surface area contributed by atoms with E-state index in [9.17, 15) is 0 Å². The maximum absolute atomic E-state index is 6.24. The molecule has 0 aliphatic rings. The predicted octanol–water partition coefficient (Wildman–Crippen LogP) is 6.45. The molecular weight excluding hydrogens is 263 g/mol. The number of benzene rings is 1. The van der Waals surface area contributed by atoms with Crippen LogP contribution in [0.15, 0.2) is 29.8 Å². The Balaban J connectivity index is 2.76. The Kier molecular flexibility index (Phi) is 7.46. The highest BCUT2D eigenvalue weighted by atomic mass is 35.5. The highest BCUT2D eigenvalue weighted by Crippen LogP contribution is 2.28. The molecule has 0 radical (unpaired) electrons. The first-order valence-electron chi connectivity index (χ1n) is 6.79. The van der Waals surface area contributed by atoms with Gasteiger partial charge in [0.15, 0.2) is 0 Å². The van der Waals surface area contributed by atoms with Gasteiger partial charge in [0.1, 0.15) is 0 Å². The SMILES string of the molecule is CCCC/C=C(\CCC)Cc1cccc(Cl)c1Cl. The Labute approximate surface area is 121 Å². The standard InChI is InChI=1S/C16H22Cl2/c1-3-5-6-9-13(8-4-2)12-14-10-7-11-15(17)16(14)18/h7,9-11H,3-6,8,12H2,1-2H3/b13-9+. The van der Waals surface area contributed by atoms with E-state index in [-0.39, 0.29) is 0 Å². The molecule has 2 heteroatoms. The van der Waals surface area contributed by atoms with E-state index in [0.717, 1.165) is 18.4 Å². The van der Waals surface area contributed by atoms with Crippen LogP contribution in [0.1, 0.15) is 51.5 Å². The number of rotatable bonds is 7. The van der Waals surface area contributed by atoms with E-state index < -0.39 is 0 Å². The summed E-state index contributed by atoms with van der Waals surface area (Å²) in [6, 6.07) is 5.88. The maximum Gasteiger partial charge on any atom is 0.0627 e. The molecule has 0 unspecified atom stereocenters. The van der Waals surface area contributed by atoms with Crippen LogP contribution in [0.2, 0.25) is 10.0 Å². The molecular formula is C16H22Cl2. The summed E-state index contributed by atoms with van der Waals surface area (Å²) in [5.74, 6) is 0. The van der Waals surface area contributed by atoms with Crippen molar-refractivity contribution in [2.45, 2.75) is 52.4 Å². The average Bonchev–Trinajstić information content (AvgIpc) is 2.35. The lowest BCUT2D eigenvalue weighted by Crippen LogP contribution is -1.93. The van der Waals surface area contributed by atoms with Gasteiger partial charge in [-0.3, -0.25) is 0 Å². The molecule has 0 saturated carbocycles. The van der Waals surface area contributed by atoms with Crippen LogP contribution in [-0.4, -0.2) is 0 Å². The molecule has 0 amide bonds. The van der Waals surface area contributed by atoms with Gasteiger partial charge in [0.25, 0.3) is 0 Å². The van der Waals surface area contributed by atoms with E-state index in [4.69, 9.17) is 23.2 Å².